The van der Waals surface area contributed by atoms with Crippen molar-refractivity contribution < 1.29 is 18.3 Å². The molecule has 0 radical (unpaired) electrons. The van der Waals surface area contributed by atoms with E-state index in [2.05, 4.69) is 5.32 Å². The van der Waals surface area contributed by atoms with Crippen molar-refractivity contribution in [3.05, 3.63) is 29.3 Å². The van der Waals surface area contributed by atoms with Crippen molar-refractivity contribution in [3.63, 3.8) is 0 Å². The third-order valence-corrected chi connectivity index (χ3v) is 3.36. The van der Waals surface area contributed by atoms with Gasteiger partial charge >= 0.3 is 0 Å². The second-order valence-corrected chi connectivity index (χ2v) is 4.74. The van der Waals surface area contributed by atoms with Crippen LogP contribution in [0.5, 0.6) is 0 Å². The Morgan fingerprint density at radius 1 is 1.47 bits per heavy atom. The molecule has 1 aliphatic heterocycles. The van der Waals surface area contributed by atoms with Gasteiger partial charge in [0.2, 0.25) is 0 Å². The maximum absolute atomic E-state index is 13.5. The lowest BCUT2D eigenvalue weighted by molar-refractivity contribution is 0.0918. The number of nitrogens with two attached hydrogens (primary N) is 1. The number of carbonyl (C=O) groups excluding carboxylic acids is 1. The van der Waals surface area contributed by atoms with E-state index in [9.17, 15) is 13.6 Å². The second kappa shape index (κ2) is 5.52. The minimum absolute atomic E-state index is 0.138. The summed E-state index contributed by atoms with van der Waals surface area (Å²) in [6, 6.07) is 1.49. The Labute approximate surface area is 109 Å². The van der Waals surface area contributed by atoms with Crippen molar-refractivity contribution in [1.82, 2.24) is 5.32 Å². The number of hydrogen-bond donors (Lipinski definition) is 2. The van der Waals surface area contributed by atoms with Gasteiger partial charge in [-0.3, -0.25) is 4.79 Å². The number of carbonyl (C=O) groups is 1. The zero-order valence-electron chi connectivity index (χ0n) is 10.6. The molecule has 0 spiro atoms. The SMILES string of the molecule is CC(NC(=O)c1cc(N)c(F)cc1F)C1CCOC1. The number of anilines is 1. The Morgan fingerprint density at radius 3 is 2.84 bits per heavy atom. The quantitative estimate of drug-likeness (QED) is 0.822. The molecule has 2 unspecified atom stereocenters. The summed E-state index contributed by atoms with van der Waals surface area (Å²) in [4.78, 5) is 11.9. The number of benzene rings is 1. The summed E-state index contributed by atoms with van der Waals surface area (Å²) in [7, 11) is 0. The highest BCUT2D eigenvalue weighted by Crippen LogP contribution is 2.19. The third-order valence-electron chi connectivity index (χ3n) is 3.36. The minimum Gasteiger partial charge on any atom is -0.396 e. The largest absolute Gasteiger partial charge is 0.396 e. The average Bonchev–Trinajstić information content (AvgIpc) is 2.87. The van der Waals surface area contributed by atoms with Crippen molar-refractivity contribution in [2.45, 2.75) is 19.4 Å². The number of nitrogens with one attached hydrogen (secondary N) is 1. The number of amides is 1. The summed E-state index contributed by atoms with van der Waals surface area (Å²) >= 11 is 0. The summed E-state index contributed by atoms with van der Waals surface area (Å²) in [5.74, 6) is -2.17. The molecule has 104 valence electrons. The van der Waals surface area contributed by atoms with Gasteiger partial charge in [0.15, 0.2) is 0 Å². The van der Waals surface area contributed by atoms with Gasteiger partial charge in [0.25, 0.3) is 5.91 Å². The van der Waals surface area contributed by atoms with Gasteiger partial charge in [0.05, 0.1) is 17.9 Å². The second-order valence-electron chi connectivity index (χ2n) is 4.74. The molecule has 1 saturated heterocycles. The van der Waals surface area contributed by atoms with Gasteiger partial charge < -0.3 is 15.8 Å². The summed E-state index contributed by atoms with van der Waals surface area (Å²) in [6.45, 7) is 3.08. The fourth-order valence-electron chi connectivity index (χ4n) is 2.09. The van der Waals surface area contributed by atoms with E-state index in [-0.39, 0.29) is 23.2 Å². The van der Waals surface area contributed by atoms with Crippen LogP contribution in [0.25, 0.3) is 0 Å². The van der Waals surface area contributed by atoms with Crippen molar-refractivity contribution in [1.29, 1.82) is 0 Å². The monoisotopic (exact) mass is 270 g/mol. The van der Waals surface area contributed by atoms with E-state index in [1.165, 1.54) is 0 Å². The fourth-order valence-corrected chi connectivity index (χ4v) is 2.09. The van der Waals surface area contributed by atoms with E-state index in [1.807, 2.05) is 6.92 Å². The first-order chi connectivity index (χ1) is 8.99. The van der Waals surface area contributed by atoms with E-state index >= 15 is 0 Å². The molecule has 0 bridgehead atoms. The number of rotatable bonds is 3. The van der Waals surface area contributed by atoms with Crippen LogP contribution in [0.3, 0.4) is 0 Å². The van der Waals surface area contributed by atoms with Crippen molar-refractivity contribution in [2.24, 2.45) is 5.92 Å². The first-order valence-corrected chi connectivity index (χ1v) is 6.12. The molecule has 2 atom stereocenters. The van der Waals surface area contributed by atoms with Crippen LogP contribution in [-0.4, -0.2) is 25.2 Å². The molecule has 0 saturated carbocycles. The summed E-state index contributed by atoms with van der Waals surface area (Å²) < 4.78 is 31.8. The predicted molar refractivity (Wildman–Crippen MR) is 66.6 cm³/mol. The standard InChI is InChI=1S/C13H16F2N2O2/c1-7(8-2-3-19-6-8)17-13(18)9-4-12(16)11(15)5-10(9)14/h4-5,7-8H,2-3,6,16H2,1H3,(H,17,18). The van der Waals surface area contributed by atoms with Gasteiger partial charge in [-0.1, -0.05) is 0 Å². The maximum atomic E-state index is 13.5. The van der Waals surface area contributed by atoms with E-state index in [1.54, 1.807) is 0 Å². The third kappa shape index (κ3) is 3.01. The number of halogens is 2. The molecule has 0 aromatic heterocycles. The van der Waals surface area contributed by atoms with Crippen LogP contribution in [0.2, 0.25) is 0 Å². The van der Waals surface area contributed by atoms with Crippen molar-refractivity contribution >= 4 is 11.6 Å². The molecular weight excluding hydrogens is 254 g/mol. The zero-order valence-corrected chi connectivity index (χ0v) is 10.6. The van der Waals surface area contributed by atoms with Gasteiger partial charge in [-0.2, -0.15) is 0 Å². The van der Waals surface area contributed by atoms with E-state index in [0.717, 1.165) is 12.5 Å². The zero-order chi connectivity index (χ0) is 14.0. The molecule has 1 aromatic rings. The minimum atomic E-state index is -0.918. The van der Waals surface area contributed by atoms with Crippen LogP contribution in [0.4, 0.5) is 14.5 Å². The molecular formula is C13H16F2N2O2. The molecule has 4 nitrogen and oxygen atoms in total. The van der Waals surface area contributed by atoms with Crippen LogP contribution >= 0.6 is 0 Å². The molecule has 6 heteroatoms. The van der Waals surface area contributed by atoms with Crippen LogP contribution < -0.4 is 11.1 Å². The Hall–Kier alpha value is -1.69. The lowest BCUT2D eigenvalue weighted by Gasteiger charge is -2.19. The normalized spacial score (nSPS) is 20.3. The first kappa shape index (κ1) is 13.7. The molecule has 0 aliphatic carbocycles. The van der Waals surface area contributed by atoms with E-state index in [0.29, 0.717) is 19.3 Å². The number of ether oxygens (including phenoxy) is 1. The van der Waals surface area contributed by atoms with Crippen LogP contribution in [-0.2, 0) is 4.74 Å². The lowest BCUT2D eigenvalue weighted by Crippen LogP contribution is -2.38. The molecule has 19 heavy (non-hydrogen) atoms. The van der Waals surface area contributed by atoms with Crippen molar-refractivity contribution in [3.8, 4) is 0 Å². The first-order valence-electron chi connectivity index (χ1n) is 6.12. The summed E-state index contributed by atoms with van der Waals surface area (Å²) in [6.07, 6.45) is 0.857. The number of nitrogen functional groups attached to an aromatic ring is 1. The Kier molecular flexibility index (Phi) is 3.99. The van der Waals surface area contributed by atoms with Crippen molar-refractivity contribution in [2.75, 3.05) is 18.9 Å². The fraction of sp³-hybridized carbons (Fsp3) is 0.462. The average molecular weight is 270 g/mol. The molecule has 1 aromatic carbocycles. The molecule has 1 heterocycles. The van der Waals surface area contributed by atoms with E-state index < -0.39 is 17.5 Å². The Bertz CT molecular complexity index is 488. The molecule has 1 amide bonds. The van der Waals surface area contributed by atoms with Crippen LogP contribution in [0.15, 0.2) is 12.1 Å². The molecule has 1 fully saturated rings. The maximum Gasteiger partial charge on any atom is 0.254 e. The van der Waals surface area contributed by atoms with Crippen LogP contribution in [0, 0.1) is 17.6 Å². The van der Waals surface area contributed by atoms with Gasteiger partial charge in [0, 0.05) is 24.6 Å². The Morgan fingerprint density at radius 2 is 2.21 bits per heavy atom. The smallest absolute Gasteiger partial charge is 0.254 e. The molecule has 3 N–H and O–H groups in total. The van der Waals surface area contributed by atoms with Gasteiger partial charge in [0.1, 0.15) is 11.6 Å². The topological polar surface area (TPSA) is 64.4 Å². The van der Waals surface area contributed by atoms with E-state index in [4.69, 9.17) is 10.5 Å². The van der Waals surface area contributed by atoms with Gasteiger partial charge in [-0.25, -0.2) is 8.78 Å². The summed E-state index contributed by atoms with van der Waals surface area (Å²) in [5.41, 5.74) is 4.85. The molecule has 2 rings (SSSR count). The highest BCUT2D eigenvalue weighted by Gasteiger charge is 2.25. The number of hydrogen-bond acceptors (Lipinski definition) is 3. The highest BCUT2D eigenvalue weighted by atomic mass is 19.1. The predicted octanol–water partition coefficient (Wildman–Crippen LogP) is 1.70. The summed E-state index contributed by atoms with van der Waals surface area (Å²) in [5, 5.41) is 2.69. The lowest BCUT2D eigenvalue weighted by atomic mass is 10.0. The van der Waals surface area contributed by atoms with Gasteiger partial charge in [-0.05, 0) is 19.4 Å². The van der Waals surface area contributed by atoms with Crippen LogP contribution in [0.1, 0.15) is 23.7 Å². The Balaban J connectivity index is 2.09. The van der Waals surface area contributed by atoms with Gasteiger partial charge in [-0.15, -0.1) is 0 Å². The molecule has 1 aliphatic rings. The highest BCUT2D eigenvalue weighted by molar-refractivity contribution is 5.95.